The Hall–Kier alpha value is -2.08. The minimum absolute atomic E-state index is 0.107. The predicted molar refractivity (Wildman–Crippen MR) is 52.4 cm³/mol. The van der Waals surface area contributed by atoms with Gasteiger partial charge in [0.15, 0.2) is 5.78 Å². The normalized spacial score (nSPS) is 10.7. The van der Waals surface area contributed by atoms with E-state index in [1.165, 1.54) is 25.1 Å². The molecule has 0 radical (unpaired) electrons. The molecule has 0 fully saturated rings. The van der Waals surface area contributed by atoms with Gasteiger partial charge in [0, 0.05) is 0 Å². The van der Waals surface area contributed by atoms with Crippen LogP contribution in [0.4, 0.5) is 0 Å². The molecule has 0 saturated heterocycles. The average molecular weight is 187 g/mol. The molecule has 0 bridgehead atoms. The van der Waals surface area contributed by atoms with Crippen molar-refractivity contribution in [3.63, 3.8) is 0 Å². The van der Waals surface area contributed by atoms with Crippen LogP contribution in [0.5, 0.6) is 5.75 Å². The molecule has 0 saturated carbocycles. The van der Waals surface area contributed by atoms with Crippen molar-refractivity contribution in [3.05, 3.63) is 35.4 Å². The van der Waals surface area contributed by atoms with Crippen LogP contribution in [0.15, 0.2) is 29.8 Å². The summed E-state index contributed by atoms with van der Waals surface area (Å²) in [7, 11) is 0. The monoisotopic (exact) mass is 187 g/mol. The third kappa shape index (κ3) is 2.46. The van der Waals surface area contributed by atoms with Gasteiger partial charge in [0.2, 0.25) is 0 Å². The molecular weight excluding hydrogens is 178 g/mol. The third-order valence-electron chi connectivity index (χ3n) is 1.70. The largest absolute Gasteiger partial charge is 0.508 e. The molecule has 0 unspecified atom stereocenters. The van der Waals surface area contributed by atoms with Gasteiger partial charge in [0.25, 0.3) is 0 Å². The van der Waals surface area contributed by atoms with E-state index < -0.39 is 0 Å². The molecule has 0 heterocycles. The highest BCUT2D eigenvalue weighted by molar-refractivity contribution is 6.01. The molecule has 0 aliphatic carbocycles. The molecule has 70 valence electrons. The molecule has 3 nitrogen and oxygen atoms in total. The molecule has 1 rings (SSSR count). The van der Waals surface area contributed by atoms with Gasteiger partial charge in [-0.1, -0.05) is 12.1 Å². The van der Waals surface area contributed by atoms with Crippen molar-refractivity contribution in [2.24, 2.45) is 0 Å². The van der Waals surface area contributed by atoms with Crippen LogP contribution in [-0.4, -0.2) is 10.9 Å². The Morgan fingerprint density at radius 2 is 2.00 bits per heavy atom. The fourth-order valence-electron chi connectivity index (χ4n) is 0.950. The summed E-state index contributed by atoms with van der Waals surface area (Å²) >= 11 is 0. The highest BCUT2D eigenvalue weighted by Gasteiger charge is 2.01. The molecule has 14 heavy (non-hydrogen) atoms. The number of Topliss-reactive ketones (excluding diaryl/α,β-unsaturated/α-hetero) is 1. The van der Waals surface area contributed by atoms with E-state index in [1.54, 1.807) is 12.1 Å². The average Bonchev–Trinajstić information content (AvgIpc) is 2.16. The Morgan fingerprint density at radius 1 is 1.43 bits per heavy atom. The van der Waals surface area contributed by atoms with Crippen molar-refractivity contribution >= 4 is 11.9 Å². The maximum absolute atomic E-state index is 10.9. The van der Waals surface area contributed by atoms with Gasteiger partial charge in [0.1, 0.15) is 11.8 Å². The summed E-state index contributed by atoms with van der Waals surface area (Å²) in [5.41, 5.74) is 0.824. The summed E-state index contributed by atoms with van der Waals surface area (Å²) in [5, 5.41) is 17.6. The van der Waals surface area contributed by atoms with E-state index in [9.17, 15) is 4.79 Å². The zero-order chi connectivity index (χ0) is 10.6. The topological polar surface area (TPSA) is 61.1 Å². The summed E-state index contributed by atoms with van der Waals surface area (Å²) < 4.78 is 0. The highest BCUT2D eigenvalue weighted by Crippen LogP contribution is 2.12. The van der Waals surface area contributed by atoms with E-state index in [0.29, 0.717) is 0 Å². The van der Waals surface area contributed by atoms with Crippen LogP contribution in [-0.2, 0) is 4.79 Å². The number of phenols is 1. The summed E-state index contributed by atoms with van der Waals surface area (Å²) in [6.45, 7) is 1.34. The van der Waals surface area contributed by atoms with Gasteiger partial charge in [0.05, 0.1) is 5.57 Å². The van der Waals surface area contributed by atoms with Crippen molar-refractivity contribution in [2.75, 3.05) is 0 Å². The van der Waals surface area contributed by atoms with Crippen LogP contribution in [0.25, 0.3) is 6.08 Å². The van der Waals surface area contributed by atoms with Crippen LogP contribution >= 0.6 is 0 Å². The van der Waals surface area contributed by atoms with E-state index in [1.807, 2.05) is 6.07 Å². The lowest BCUT2D eigenvalue weighted by Gasteiger charge is -1.95. The van der Waals surface area contributed by atoms with Crippen LogP contribution in [0.2, 0.25) is 0 Å². The number of carbonyl (C=O) groups is 1. The van der Waals surface area contributed by atoms with Gasteiger partial charge in [-0.05, 0) is 30.7 Å². The molecule has 0 amide bonds. The fourth-order valence-corrected chi connectivity index (χ4v) is 0.950. The van der Waals surface area contributed by atoms with Crippen molar-refractivity contribution in [1.82, 2.24) is 0 Å². The first kappa shape index (κ1) is 10.0. The number of rotatable bonds is 2. The van der Waals surface area contributed by atoms with Gasteiger partial charge in [-0.2, -0.15) is 5.26 Å². The van der Waals surface area contributed by atoms with E-state index in [-0.39, 0.29) is 17.1 Å². The van der Waals surface area contributed by atoms with Crippen LogP contribution in [0.3, 0.4) is 0 Å². The second-order valence-electron chi connectivity index (χ2n) is 2.82. The van der Waals surface area contributed by atoms with E-state index >= 15 is 0 Å². The fraction of sp³-hybridized carbons (Fsp3) is 0.0909. The number of aromatic hydroxyl groups is 1. The van der Waals surface area contributed by atoms with Crippen molar-refractivity contribution in [2.45, 2.75) is 6.92 Å². The zero-order valence-electron chi connectivity index (χ0n) is 7.69. The Kier molecular flexibility index (Phi) is 3.03. The molecular formula is C11H9NO2. The molecule has 0 aliphatic heterocycles. The SMILES string of the molecule is CC(=O)/C(C#N)=C/c1ccc(O)cc1. The maximum atomic E-state index is 10.9. The summed E-state index contributed by atoms with van der Waals surface area (Å²) in [5.74, 6) is -0.107. The number of carbonyl (C=O) groups excluding carboxylic acids is 1. The molecule has 1 aromatic rings. The van der Waals surface area contributed by atoms with E-state index in [0.717, 1.165) is 5.56 Å². The Balaban J connectivity index is 3.03. The van der Waals surface area contributed by atoms with Crippen molar-refractivity contribution in [1.29, 1.82) is 5.26 Å². The Morgan fingerprint density at radius 3 is 2.43 bits per heavy atom. The molecule has 0 spiro atoms. The molecule has 0 aliphatic rings. The van der Waals surface area contributed by atoms with E-state index in [2.05, 4.69) is 0 Å². The van der Waals surface area contributed by atoms with Gasteiger partial charge in [-0.3, -0.25) is 4.79 Å². The minimum atomic E-state index is -0.263. The van der Waals surface area contributed by atoms with Crippen LogP contribution < -0.4 is 0 Å². The summed E-state index contributed by atoms with van der Waals surface area (Å²) in [6, 6.07) is 8.08. The van der Waals surface area contributed by atoms with Gasteiger partial charge in [-0.15, -0.1) is 0 Å². The number of nitrogens with zero attached hydrogens (tertiary/aromatic N) is 1. The number of phenolic OH excluding ortho intramolecular Hbond substituents is 1. The number of hydrogen-bond donors (Lipinski definition) is 1. The minimum Gasteiger partial charge on any atom is -0.508 e. The van der Waals surface area contributed by atoms with Gasteiger partial charge >= 0.3 is 0 Å². The second-order valence-corrected chi connectivity index (χ2v) is 2.82. The number of ketones is 1. The van der Waals surface area contributed by atoms with Gasteiger partial charge in [-0.25, -0.2) is 0 Å². The standard InChI is InChI=1S/C11H9NO2/c1-8(13)10(7-12)6-9-2-4-11(14)5-3-9/h2-6,14H,1H3/b10-6+. The first-order valence-electron chi connectivity index (χ1n) is 4.05. The van der Waals surface area contributed by atoms with E-state index in [4.69, 9.17) is 10.4 Å². The molecule has 1 N–H and O–H groups in total. The van der Waals surface area contributed by atoms with Crippen LogP contribution in [0.1, 0.15) is 12.5 Å². The first-order chi connectivity index (χ1) is 6.63. The van der Waals surface area contributed by atoms with Crippen molar-refractivity contribution in [3.8, 4) is 11.8 Å². The second kappa shape index (κ2) is 4.24. The number of hydrogen-bond acceptors (Lipinski definition) is 3. The number of benzene rings is 1. The Bertz CT molecular complexity index is 410. The third-order valence-corrected chi connectivity index (χ3v) is 1.70. The predicted octanol–water partition coefficient (Wildman–Crippen LogP) is 1.89. The lowest BCUT2D eigenvalue weighted by molar-refractivity contribution is -0.113. The smallest absolute Gasteiger partial charge is 0.170 e. The molecule has 1 aromatic carbocycles. The Labute approximate surface area is 81.9 Å². The number of nitriles is 1. The van der Waals surface area contributed by atoms with Crippen molar-refractivity contribution < 1.29 is 9.90 Å². The highest BCUT2D eigenvalue weighted by atomic mass is 16.3. The lowest BCUT2D eigenvalue weighted by atomic mass is 10.1. The molecule has 0 atom stereocenters. The van der Waals surface area contributed by atoms with Crippen LogP contribution in [0, 0.1) is 11.3 Å². The first-order valence-corrected chi connectivity index (χ1v) is 4.05. The lowest BCUT2D eigenvalue weighted by Crippen LogP contribution is -1.92. The molecule has 0 aromatic heterocycles. The quantitative estimate of drug-likeness (QED) is 0.568. The zero-order valence-corrected chi connectivity index (χ0v) is 7.69. The summed E-state index contributed by atoms with van der Waals surface area (Å²) in [4.78, 5) is 10.9. The number of allylic oxidation sites excluding steroid dienone is 1. The summed E-state index contributed by atoms with van der Waals surface area (Å²) in [6.07, 6.45) is 1.49. The molecule has 3 heteroatoms. The maximum Gasteiger partial charge on any atom is 0.170 e. The van der Waals surface area contributed by atoms with Gasteiger partial charge < -0.3 is 5.11 Å².